The largest absolute Gasteiger partial charge is 0.317 e. The molecule has 1 N–H and O–H groups in total. The molecule has 1 amide bonds. The van der Waals surface area contributed by atoms with Crippen LogP contribution in [0.15, 0.2) is 11.8 Å². The van der Waals surface area contributed by atoms with Gasteiger partial charge in [-0.2, -0.15) is 0 Å². The van der Waals surface area contributed by atoms with Crippen molar-refractivity contribution in [3.05, 3.63) is 11.8 Å². The zero-order valence-electron chi connectivity index (χ0n) is 5.72. The Hall–Kier alpha value is -0.570. The molecule has 1 aliphatic rings. The highest BCUT2D eigenvalue weighted by molar-refractivity contribution is 7.96. The summed E-state index contributed by atoms with van der Waals surface area (Å²) in [5.41, 5.74) is 1.01. The summed E-state index contributed by atoms with van der Waals surface area (Å²) in [7, 11) is 0. The highest BCUT2D eigenvalue weighted by atomic mass is 32.1. The van der Waals surface area contributed by atoms with E-state index in [0.717, 1.165) is 18.5 Å². The topological polar surface area (TPSA) is 29.1 Å². The van der Waals surface area contributed by atoms with E-state index in [4.69, 9.17) is 0 Å². The first-order valence-corrected chi connectivity index (χ1v) is 3.87. The molecule has 0 spiro atoms. The number of carbonyl (C=O) groups excluding carboxylic acids is 1. The monoisotopic (exact) mass is 156 g/mol. The molecule has 1 aliphatic carbocycles. The maximum Gasteiger partial charge on any atom is 0.314 e. The van der Waals surface area contributed by atoms with Gasteiger partial charge in [0.25, 0.3) is 0 Å². The quantitative estimate of drug-likeness (QED) is 0.620. The SMILES string of the molecule is O=C([S])NC1=CCCCC1. The van der Waals surface area contributed by atoms with Gasteiger partial charge < -0.3 is 5.32 Å². The molecule has 1 rings (SSSR count). The van der Waals surface area contributed by atoms with Crippen molar-refractivity contribution in [3.63, 3.8) is 0 Å². The van der Waals surface area contributed by atoms with Crippen molar-refractivity contribution < 1.29 is 4.79 Å². The lowest BCUT2D eigenvalue weighted by atomic mass is 10.1. The molecular formula is C7H10NOS. The van der Waals surface area contributed by atoms with Crippen LogP contribution in [0.3, 0.4) is 0 Å². The Kier molecular flexibility index (Phi) is 2.68. The first-order chi connectivity index (χ1) is 4.79. The second kappa shape index (κ2) is 3.56. The van der Waals surface area contributed by atoms with Gasteiger partial charge in [-0.3, -0.25) is 4.79 Å². The van der Waals surface area contributed by atoms with E-state index in [0.29, 0.717) is 0 Å². The summed E-state index contributed by atoms with van der Waals surface area (Å²) >= 11 is 4.37. The summed E-state index contributed by atoms with van der Waals surface area (Å²) in [6.07, 6.45) is 6.50. The Morgan fingerprint density at radius 2 is 2.40 bits per heavy atom. The third-order valence-electron chi connectivity index (χ3n) is 1.55. The molecule has 1 radical (unpaired) electrons. The summed E-state index contributed by atoms with van der Waals surface area (Å²) in [6, 6.07) is 0. The smallest absolute Gasteiger partial charge is 0.314 e. The highest BCUT2D eigenvalue weighted by Crippen LogP contribution is 2.14. The van der Waals surface area contributed by atoms with Crippen LogP contribution in [0.4, 0.5) is 4.79 Å². The fraction of sp³-hybridized carbons (Fsp3) is 0.571. The van der Waals surface area contributed by atoms with Crippen LogP contribution in [0.25, 0.3) is 0 Å². The van der Waals surface area contributed by atoms with Crippen LogP contribution >= 0.6 is 12.6 Å². The number of hydrogen-bond donors (Lipinski definition) is 1. The molecule has 55 valence electrons. The summed E-state index contributed by atoms with van der Waals surface area (Å²) in [6.45, 7) is 0. The Morgan fingerprint density at radius 3 is 2.90 bits per heavy atom. The van der Waals surface area contributed by atoms with Crippen LogP contribution in [0.5, 0.6) is 0 Å². The maximum absolute atomic E-state index is 10.4. The molecule has 0 unspecified atom stereocenters. The number of carbonyl (C=O) groups is 1. The molecule has 0 heterocycles. The predicted octanol–water partition coefficient (Wildman–Crippen LogP) is 2.35. The van der Waals surface area contributed by atoms with Crippen molar-refractivity contribution in [2.24, 2.45) is 0 Å². The van der Waals surface area contributed by atoms with E-state index < -0.39 is 0 Å². The van der Waals surface area contributed by atoms with Gasteiger partial charge in [0, 0.05) is 5.70 Å². The Balaban J connectivity index is 2.38. The van der Waals surface area contributed by atoms with Crippen molar-refractivity contribution in [2.75, 3.05) is 0 Å². The number of rotatable bonds is 1. The van der Waals surface area contributed by atoms with Gasteiger partial charge in [0.05, 0.1) is 0 Å². The maximum atomic E-state index is 10.4. The zero-order valence-corrected chi connectivity index (χ0v) is 6.54. The van der Waals surface area contributed by atoms with Crippen LogP contribution < -0.4 is 5.32 Å². The van der Waals surface area contributed by atoms with E-state index in [2.05, 4.69) is 17.9 Å². The molecule has 0 fully saturated rings. The summed E-state index contributed by atoms with van der Waals surface area (Å²) < 4.78 is 0. The fourth-order valence-electron chi connectivity index (χ4n) is 1.08. The first-order valence-electron chi connectivity index (χ1n) is 3.46. The Morgan fingerprint density at radius 1 is 1.60 bits per heavy atom. The number of amides is 1. The molecule has 2 nitrogen and oxygen atoms in total. The van der Waals surface area contributed by atoms with Crippen molar-refractivity contribution in [1.29, 1.82) is 0 Å². The van der Waals surface area contributed by atoms with Crippen LogP contribution in [-0.4, -0.2) is 5.24 Å². The molecule has 0 aromatic heterocycles. The van der Waals surface area contributed by atoms with Gasteiger partial charge >= 0.3 is 5.24 Å². The third-order valence-corrected chi connectivity index (χ3v) is 1.66. The number of hydrogen-bond acceptors (Lipinski definition) is 1. The average Bonchev–Trinajstić information content (AvgIpc) is 1.88. The zero-order chi connectivity index (χ0) is 7.40. The summed E-state index contributed by atoms with van der Waals surface area (Å²) in [5, 5.41) is 2.25. The molecule has 10 heavy (non-hydrogen) atoms. The minimum absolute atomic E-state index is 0.367. The first kappa shape index (κ1) is 7.54. The summed E-state index contributed by atoms with van der Waals surface area (Å²) in [5.74, 6) is 0. The minimum atomic E-state index is -0.367. The van der Waals surface area contributed by atoms with E-state index in [9.17, 15) is 4.79 Å². The van der Waals surface area contributed by atoms with E-state index >= 15 is 0 Å². The highest BCUT2D eigenvalue weighted by Gasteiger charge is 2.04. The predicted molar refractivity (Wildman–Crippen MR) is 42.7 cm³/mol. The molecule has 0 aromatic rings. The van der Waals surface area contributed by atoms with E-state index in [1.807, 2.05) is 6.08 Å². The lowest BCUT2D eigenvalue weighted by Crippen LogP contribution is -2.17. The van der Waals surface area contributed by atoms with Gasteiger partial charge in [0.15, 0.2) is 0 Å². The molecule has 3 heteroatoms. The van der Waals surface area contributed by atoms with Crippen LogP contribution in [0.2, 0.25) is 0 Å². The second-order valence-electron chi connectivity index (χ2n) is 2.39. The van der Waals surface area contributed by atoms with Crippen LogP contribution in [0, 0.1) is 0 Å². The number of nitrogens with one attached hydrogen (secondary N) is 1. The van der Waals surface area contributed by atoms with Gasteiger partial charge in [-0.25, -0.2) is 0 Å². The molecule has 0 saturated carbocycles. The fourth-order valence-corrected chi connectivity index (χ4v) is 1.21. The van der Waals surface area contributed by atoms with Gasteiger partial charge in [-0.15, -0.1) is 0 Å². The van der Waals surface area contributed by atoms with Crippen molar-refractivity contribution in [3.8, 4) is 0 Å². The molecule has 0 atom stereocenters. The molecule has 0 aromatic carbocycles. The second-order valence-corrected chi connectivity index (χ2v) is 2.76. The van der Waals surface area contributed by atoms with E-state index in [-0.39, 0.29) is 5.24 Å². The van der Waals surface area contributed by atoms with Crippen molar-refractivity contribution in [2.45, 2.75) is 25.7 Å². The lowest BCUT2D eigenvalue weighted by Gasteiger charge is -2.11. The molecule has 0 saturated heterocycles. The molecular weight excluding hydrogens is 146 g/mol. The van der Waals surface area contributed by atoms with Gasteiger partial charge in [-0.1, -0.05) is 6.08 Å². The standard InChI is InChI=1S/C7H10NOS/c9-7(10)8-6-4-2-1-3-5-6/h4H,1-3,5H2,(H,8,9). The minimum Gasteiger partial charge on any atom is -0.317 e. The van der Waals surface area contributed by atoms with Gasteiger partial charge in [0.1, 0.15) is 0 Å². The van der Waals surface area contributed by atoms with Gasteiger partial charge in [-0.05, 0) is 38.3 Å². The Bertz CT molecular complexity index is 165. The van der Waals surface area contributed by atoms with E-state index in [1.54, 1.807) is 0 Å². The van der Waals surface area contributed by atoms with Crippen molar-refractivity contribution in [1.82, 2.24) is 5.32 Å². The molecule has 0 aliphatic heterocycles. The van der Waals surface area contributed by atoms with Crippen LogP contribution in [0.1, 0.15) is 25.7 Å². The van der Waals surface area contributed by atoms with E-state index in [1.165, 1.54) is 12.8 Å². The average molecular weight is 156 g/mol. The van der Waals surface area contributed by atoms with Crippen LogP contribution in [-0.2, 0) is 0 Å². The van der Waals surface area contributed by atoms with Gasteiger partial charge in [0.2, 0.25) is 0 Å². The lowest BCUT2D eigenvalue weighted by molar-refractivity contribution is 0.262. The number of allylic oxidation sites excluding steroid dienone is 2. The third kappa shape index (κ3) is 2.35. The van der Waals surface area contributed by atoms with Crippen molar-refractivity contribution >= 4 is 17.9 Å². The normalized spacial score (nSPS) is 17.8. The summed E-state index contributed by atoms with van der Waals surface area (Å²) in [4.78, 5) is 10.4. The Labute approximate surface area is 66.1 Å². The molecule has 0 bridgehead atoms.